The molecule has 0 spiro atoms. The number of hydrogen-bond donors (Lipinski definition) is 0. The van der Waals surface area contributed by atoms with E-state index in [0.29, 0.717) is 12.1 Å². The van der Waals surface area contributed by atoms with Crippen LogP contribution in [0.15, 0.2) is 48.5 Å². The van der Waals surface area contributed by atoms with Gasteiger partial charge >= 0.3 is 5.97 Å². The van der Waals surface area contributed by atoms with Gasteiger partial charge in [-0.05, 0) is 49.4 Å². The quantitative estimate of drug-likeness (QED) is 0.631. The van der Waals surface area contributed by atoms with E-state index >= 15 is 0 Å². The van der Waals surface area contributed by atoms with Crippen LogP contribution in [0.3, 0.4) is 0 Å². The Balaban J connectivity index is 1.62. The van der Waals surface area contributed by atoms with Crippen molar-refractivity contribution in [2.24, 2.45) is 0 Å². The highest BCUT2D eigenvalue weighted by Gasteiger charge is 2.41. The average molecular weight is 401 g/mol. The van der Waals surface area contributed by atoms with Crippen LogP contribution in [0.5, 0.6) is 0 Å². The van der Waals surface area contributed by atoms with Gasteiger partial charge in [-0.3, -0.25) is 9.69 Å². The Morgan fingerprint density at radius 3 is 2.53 bits per heavy atom. The summed E-state index contributed by atoms with van der Waals surface area (Å²) in [5.74, 6) is -0.643. The molecule has 3 aromatic rings. The molecule has 1 amide bonds. The van der Waals surface area contributed by atoms with Crippen LogP contribution in [0.25, 0.3) is 5.69 Å². The molecule has 6 nitrogen and oxygen atoms in total. The Kier molecular flexibility index (Phi) is 4.42. The third-order valence-electron chi connectivity index (χ3n) is 6.14. The summed E-state index contributed by atoms with van der Waals surface area (Å²) in [5.41, 5.74) is 6.35. The molecule has 30 heavy (non-hydrogen) atoms. The highest BCUT2D eigenvalue weighted by atomic mass is 16.5. The lowest BCUT2D eigenvalue weighted by atomic mass is 10.1. The molecular formula is C24H23N3O3. The first-order valence-electron chi connectivity index (χ1n) is 10.3. The van der Waals surface area contributed by atoms with Gasteiger partial charge in [-0.25, -0.2) is 9.48 Å². The molecule has 0 fully saturated rings. The van der Waals surface area contributed by atoms with E-state index in [9.17, 15) is 9.59 Å². The minimum atomic E-state index is -0.666. The van der Waals surface area contributed by atoms with Gasteiger partial charge < -0.3 is 4.74 Å². The van der Waals surface area contributed by atoms with Gasteiger partial charge in [-0.1, -0.05) is 36.4 Å². The molecule has 1 atom stereocenters. The Bertz CT molecular complexity index is 1160. The van der Waals surface area contributed by atoms with Crippen LogP contribution in [-0.4, -0.2) is 34.8 Å². The summed E-state index contributed by atoms with van der Waals surface area (Å²) in [6, 6.07) is 15.0. The number of amides is 1. The molecule has 0 N–H and O–H groups in total. The number of benzene rings is 2. The van der Waals surface area contributed by atoms with E-state index in [1.165, 1.54) is 7.11 Å². The summed E-state index contributed by atoms with van der Waals surface area (Å²) < 4.78 is 6.92. The van der Waals surface area contributed by atoms with E-state index in [-0.39, 0.29) is 5.91 Å². The van der Waals surface area contributed by atoms with E-state index in [1.807, 2.05) is 60.1 Å². The highest BCUT2D eigenvalue weighted by Crippen LogP contribution is 2.36. The van der Waals surface area contributed by atoms with E-state index < -0.39 is 12.0 Å². The minimum absolute atomic E-state index is 0.235. The number of ether oxygens (including phenoxy) is 1. The Morgan fingerprint density at radius 1 is 1.03 bits per heavy atom. The van der Waals surface area contributed by atoms with Crippen molar-refractivity contribution in [2.75, 3.05) is 12.0 Å². The summed E-state index contributed by atoms with van der Waals surface area (Å²) in [4.78, 5) is 27.8. The van der Waals surface area contributed by atoms with Crippen molar-refractivity contribution in [3.8, 4) is 5.69 Å². The summed E-state index contributed by atoms with van der Waals surface area (Å²) in [6.07, 6.45) is 3.16. The first-order valence-corrected chi connectivity index (χ1v) is 10.3. The third kappa shape index (κ3) is 2.75. The molecule has 2 aromatic carbocycles. The number of aryl methyl sites for hydroxylation is 1. The number of fused-ring (bicyclic) bond motifs is 2. The van der Waals surface area contributed by atoms with Crippen molar-refractivity contribution in [2.45, 2.75) is 38.6 Å². The van der Waals surface area contributed by atoms with Crippen molar-refractivity contribution in [1.82, 2.24) is 9.78 Å². The zero-order valence-electron chi connectivity index (χ0n) is 17.1. The molecule has 0 saturated heterocycles. The van der Waals surface area contributed by atoms with Gasteiger partial charge in [0.25, 0.3) is 5.91 Å². The predicted molar refractivity (Wildman–Crippen MR) is 113 cm³/mol. The smallest absolute Gasteiger partial charge is 0.329 e. The van der Waals surface area contributed by atoms with E-state index in [1.54, 1.807) is 4.90 Å². The van der Waals surface area contributed by atoms with Crippen molar-refractivity contribution >= 4 is 17.6 Å². The van der Waals surface area contributed by atoms with E-state index in [2.05, 4.69) is 0 Å². The molecule has 1 aromatic heterocycles. The number of anilines is 1. The summed E-state index contributed by atoms with van der Waals surface area (Å²) in [6.45, 7) is 2.05. The summed E-state index contributed by atoms with van der Waals surface area (Å²) in [5, 5.41) is 4.77. The fourth-order valence-electron chi connectivity index (χ4n) is 4.69. The normalized spacial score (nSPS) is 17.0. The molecule has 0 radical (unpaired) electrons. The van der Waals surface area contributed by atoms with Crippen LogP contribution in [0.2, 0.25) is 0 Å². The van der Waals surface area contributed by atoms with Crippen molar-refractivity contribution < 1.29 is 14.3 Å². The SMILES string of the molecule is COC(=O)C1Cc2ccccc2N1C(=O)c1nn(-c2ccccc2C)c2c1CCC2. The lowest BCUT2D eigenvalue weighted by molar-refractivity contribution is -0.141. The van der Waals surface area contributed by atoms with Crippen molar-refractivity contribution in [1.29, 1.82) is 0 Å². The van der Waals surface area contributed by atoms with E-state index in [4.69, 9.17) is 9.84 Å². The van der Waals surface area contributed by atoms with Gasteiger partial charge in [0.2, 0.25) is 0 Å². The molecule has 152 valence electrons. The second-order valence-corrected chi connectivity index (χ2v) is 7.87. The maximum absolute atomic E-state index is 13.8. The predicted octanol–water partition coefficient (Wildman–Crippen LogP) is 3.41. The fourth-order valence-corrected chi connectivity index (χ4v) is 4.69. The Morgan fingerprint density at radius 2 is 1.77 bits per heavy atom. The zero-order valence-corrected chi connectivity index (χ0v) is 17.1. The largest absolute Gasteiger partial charge is 0.467 e. The maximum atomic E-state index is 13.8. The van der Waals surface area contributed by atoms with Gasteiger partial charge in [-0.15, -0.1) is 0 Å². The second kappa shape index (κ2) is 7.13. The number of methoxy groups -OCH3 is 1. The summed E-state index contributed by atoms with van der Waals surface area (Å²) in [7, 11) is 1.36. The molecule has 6 heteroatoms. The molecule has 2 aliphatic rings. The third-order valence-corrected chi connectivity index (χ3v) is 6.14. The van der Waals surface area contributed by atoms with Gasteiger partial charge in [0, 0.05) is 23.4 Å². The highest BCUT2D eigenvalue weighted by molar-refractivity contribution is 6.11. The Labute approximate surface area is 175 Å². The zero-order chi connectivity index (χ0) is 20.8. The first kappa shape index (κ1) is 18.6. The van der Waals surface area contributed by atoms with Crippen LogP contribution < -0.4 is 4.90 Å². The average Bonchev–Trinajstić information content (AvgIpc) is 3.46. The van der Waals surface area contributed by atoms with Gasteiger partial charge in [-0.2, -0.15) is 5.10 Å². The number of carbonyl (C=O) groups excluding carboxylic acids is 2. The van der Waals surface area contributed by atoms with Gasteiger partial charge in [0.15, 0.2) is 5.69 Å². The molecule has 1 aliphatic heterocycles. The van der Waals surface area contributed by atoms with Crippen molar-refractivity contribution in [3.63, 3.8) is 0 Å². The number of nitrogens with zero attached hydrogens (tertiary/aromatic N) is 3. The number of rotatable bonds is 3. The van der Waals surface area contributed by atoms with Crippen LogP contribution in [0, 0.1) is 6.92 Å². The van der Waals surface area contributed by atoms with Crippen LogP contribution in [-0.2, 0) is 28.8 Å². The fraction of sp³-hybridized carbons (Fsp3) is 0.292. The lowest BCUT2D eigenvalue weighted by Gasteiger charge is -2.23. The number of hydrogen-bond acceptors (Lipinski definition) is 4. The number of para-hydroxylation sites is 2. The molecule has 0 bridgehead atoms. The molecule has 5 rings (SSSR count). The van der Waals surface area contributed by atoms with Gasteiger partial charge in [0.05, 0.1) is 12.8 Å². The molecular weight excluding hydrogens is 378 g/mol. The van der Waals surface area contributed by atoms with Crippen LogP contribution in [0.4, 0.5) is 5.69 Å². The number of aromatic nitrogens is 2. The lowest BCUT2D eigenvalue weighted by Crippen LogP contribution is -2.44. The van der Waals surface area contributed by atoms with Crippen LogP contribution in [0.1, 0.15) is 39.3 Å². The van der Waals surface area contributed by atoms with Crippen LogP contribution >= 0.6 is 0 Å². The number of carbonyl (C=O) groups is 2. The Hall–Kier alpha value is -3.41. The standard InChI is InChI=1S/C24H23N3O3/c1-15-8-3-5-11-18(15)27-20-13-7-10-17(20)22(25-27)23(28)26-19-12-6-4-9-16(19)14-21(26)24(29)30-2/h3-6,8-9,11-12,21H,7,10,13-14H2,1-2H3. The monoisotopic (exact) mass is 401 g/mol. The minimum Gasteiger partial charge on any atom is -0.467 e. The first-order chi connectivity index (χ1) is 14.6. The van der Waals surface area contributed by atoms with Gasteiger partial charge in [0.1, 0.15) is 6.04 Å². The molecule has 1 aliphatic carbocycles. The maximum Gasteiger partial charge on any atom is 0.329 e. The molecule has 0 saturated carbocycles. The molecule has 1 unspecified atom stereocenters. The second-order valence-electron chi connectivity index (χ2n) is 7.87. The summed E-state index contributed by atoms with van der Waals surface area (Å²) >= 11 is 0. The number of esters is 1. The van der Waals surface area contributed by atoms with Crippen molar-refractivity contribution in [3.05, 3.63) is 76.6 Å². The molecule has 2 heterocycles. The topological polar surface area (TPSA) is 64.4 Å². The van der Waals surface area contributed by atoms with E-state index in [0.717, 1.165) is 53.0 Å².